The molecule has 0 radical (unpaired) electrons. The summed E-state index contributed by atoms with van der Waals surface area (Å²) < 4.78 is 19.7. The quantitative estimate of drug-likeness (QED) is 0.892. The molecule has 2 atom stereocenters. The number of hydrogen-bond acceptors (Lipinski definition) is 2. The van der Waals surface area contributed by atoms with E-state index in [1.807, 2.05) is 6.07 Å². The van der Waals surface area contributed by atoms with Gasteiger partial charge in [0.2, 0.25) is 0 Å². The number of halogens is 2. The monoisotopic (exact) mass is 329 g/mol. The second-order valence-corrected chi connectivity index (χ2v) is 5.89. The Morgan fingerprint density at radius 2 is 2.32 bits per heavy atom. The highest BCUT2D eigenvalue weighted by Gasteiger charge is 2.26. The zero-order valence-corrected chi connectivity index (χ0v) is 12.9. The molecule has 2 rings (SSSR count). The molecule has 1 N–H and O–H groups in total. The molecule has 1 aliphatic rings. The Hall–Kier alpha value is -0.450. The lowest BCUT2D eigenvalue weighted by atomic mass is 9.89. The number of hydrogen-bond donors (Lipinski definition) is 1. The third-order valence-corrected chi connectivity index (χ3v) is 4.53. The standard InChI is InChI=1S/C15H21BrFNO/c1-2-7-18-14-6-8-19-10-12(14)9-11-4-3-5-13(17)15(11)16/h3-5,12,14,18H,2,6-10H2,1H3. The van der Waals surface area contributed by atoms with Gasteiger partial charge in [-0.1, -0.05) is 19.1 Å². The number of rotatable bonds is 5. The Morgan fingerprint density at radius 1 is 1.47 bits per heavy atom. The lowest BCUT2D eigenvalue weighted by Crippen LogP contribution is -2.44. The van der Waals surface area contributed by atoms with Crippen LogP contribution in [0.4, 0.5) is 4.39 Å². The van der Waals surface area contributed by atoms with E-state index in [0.29, 0.717) is 16.4 Å². The predicted octanol–water partition coefficient (Wildman–Crippen LogP) is 3.54. The molecule has 4 heteroatoms. The largest absolute Gasteiger partial charge is 0.381 e. The van der Waals surface area contributed by atoms with E-state index in [1.54, 1.807) is 6.07 Å². The van der Waals surface area contributed by atoms with Crippen LogP contribution in [0.15, 0.2) is 22.7 Å². The van der Waals surface area contributed by atoms with Crippen LogP contribution in [0.25, 0.3) is 0 Å². The van der Waals surface area contributed by atoms with Crippen molar-refractivity contribution >= 4 is 15.9 Å². The van der Waals surface area contributed by atoms with Gasteiger partial charge in [0.15, 0.2) is 0 Å². The van der Waals surface area contributed by atoms with E-state index in [9.17, 15) is 4.39 Å². The summed E-state index contributed by atoms with van der Waals surface area (Å²) in [5, 5.41) is 3.59. The number of nitrogens with one attached hydrogen (secondary N) is 1. The molecule has 1 fully saturated rings. The second-order valence-electron chi connectivity index (χ2n) is 5.10. The van der Waals surface area contributed by atoms with Gasteiger partial charge in [-0.2, -0.15) is 0 Å². The molecule has 0 aromatic heterocycles. The third-order valence-electron chi connectivity index (χ3n) is 3.64. The van der Waals surface area contributed by atoms with Gasteiger partial charge in [-0.15, -0.1) is 0 Å². The molecule has 2 unspecified atom stereocenters. The molecule has 0 bridgehead atoms. The van der Waals surface area contributed by atoms with E-state index in [1.165, 1.54) is 6.07 Å². The number of ether oxygens (including phenoxy) is 1. The van der Waals surface area contributed by atoms with Gasteiger partial charge in [0, 0.05) is 18.6 Å². The van der Waals surface area contributed by atoms with Crippen molar-refractivity contribution in [1.29, 1.82) is 0 Å². The third kappa shape index (κ3) is 4.01. The van der Waals surface area contributed by atoms with Crippen LogP contribution in [0.5, 0.6) is 0 Å². The van der Waals surface area contributed by atoms with Gasteiger partial charge in [0.05, 0.1) is 11.1 Å². The van der Waals surface area contributed by atoms with Crippen molar-refractivity contribution in [1.82, 2.24) is 5.32 Å². The van der Waals surface area contributed by atoms with Crippen molar-refractivity contribution in [2.24, 2.45) is 5.92 Å². The minimum atomic E-state index is -0.188. The van der Waals surface area contributed by atoms with Crippen LogP contribution in [-0.2, 0) is 11.2 Å². The van der Waals surface area contributed by atoms with Crippen LogP contribution in [0.1, 0.15) is 25.3 Å². The zero-order valence-electron chi connectivity index (χ0n) is 11.3. The number of benzene rings is 1. The zero-order chi connectivity index (χ0) is 13.7. The summed E-state index contributed by atoms with van der Waals surface area (Å²) in [6.07, 6.45) is 3.02. The first kappa shape index (κ1) is 14.9. The van der Waals surface area contributed by atoms with Gasteiger partial charge < -0.3 is 10.1 Å². The van der Waals surface area contributed by atoms with Gasteiger partial charge >= 0.3 is 0 Å². The van der Waals surface area contributed by atoms with Gasteiger partial charge in [0.25, 0.3) is 0 Å². The first-order valence-corrected chi connectivity index (χ1v) is 7.75. The van der Waals surface area contributed by atoms with Crippen LogP contribution in [-0.4, -0.2) is 25.8 Å². The highest BCUT2D eigenvalue weighted by atomic mass is 79.9. The van der Waals surface area contributed by atoms with E-state index in [-0.39, 0.29) is 5.82 Å². The normalized spacial score (nSPS) is 23.5. The fourth-order valence-electron chi connectivity index (χ4n) is 2.59. The molecule has 106 valence electrons. The lowest BCUT2D eigenvalue weighted by molar-refractivity contribution is 0.0322. The highest BCUT2D eigenvalue weighted by molar-refractivity contribution is 9.10. The summed E-state index contributed by atoms with van der Waals surface area (Å²) in [7, 11) is 0. The molecule has 1 aromatic carbocycles. The van der Waals surface area contributed by atoms with E-state index in [2.05, 4.69) is 28.2 Å². The second kappa shape index (κ2) is 7.36. The fraction of sp³-hybridized carbons (Fsp3) is 0.600. The molecular weight excluding hydrogens is 309 g/mol. The average Bonchev–Trinajstić information content (AvgIpc) is 2.43. The summed E-state index contributed by atoms with van der Waals surface area (Å²) in [6.45, 7) is 4.78. The molecule has 1 aliphatic heterocycles. The lowest BCUT2D eigenvalue weighted by Gasteiger charge is -2.32. The maximum absolute atomic E-state index is 13.5. The molecule has 19 heavy (non-hydrogen) atoms. The van der Waals surface area contributed by atoms with Crippen molar-refractivity contribution in [3.63, 3.8) is 0 Å². The van der Waals surface area contributed by atoms with Crippen molar-refractivity contribution in [3.05, 3.63) is 34.1 Å². The Kier molecular flexibility index (Phi) is 5.79. The smallest absolute Gasteiger partial charge is 0.137 e. The minimum absolute atomic E-state index is 0.188. The van der Waals surface area contributed by atoms with Crippen LogP contribution in [0, 0.1) is 11.7 Å². The van der Waals surface area contributed by atoms with Crippen molar-refractivity contribution in [3.8, 4) is 0 Å². The van der Waals surface area contributed by atoms with Crippen molar-refractivity contribution in [2.45, 2.75) is 32.2 Å². The Bertz CT molecular complexity index is 413. The van der Waals surface area contributed by atoms with Gasteiger partial charge in [-0.25, -0.2) is 4.39 Å². The summed E-state index contributed by atoms with van der Waals surface area (Å²) in [4.78, 5) is 0. The average molecular weight is 330 g/mol. The molecule has 1 aromatic rings. The maximum atomic E-state index is 13.5. The van der Waals surface area contributed by atoms with Gasteiger partial charge in [0.1, 0.15) is 5.82 Å². The molecule has 1 heterocycles. The van der Waals surface area contributed by atoms with Gasteiger partial charge in [-0.3, -0.25) is 0 Å². The maximum Gasteiger partial charge on any atom is 0.137 e. The Morgan fingerprint density at radius 3 is 3.11 bits per heavy atom. The first-order chi connectivity index (χ1) is 9.22. The van der Waals surface area contributed by atoms with Gasteiger partial charge in [-0.05, 0) is 53.4 Å². The minimum Gasteiger partial charge on any atom is -0.381 e. The van der Waals surface area contributed by atoms with Crippen LogP contribution < -0.4 is 5.32 Å². The molecule has 0 saturated carbocycles. The van der Waals surface area contributed by atoms with Crippen LogP contribution in [0.2, 0.25) is 0 Å². The van der Waals surface area contributed by atoms with Crippen LogP contribution in [0.3, 0.4) is 0 Å². The van der Waals surface area contributed by atoms with Crippen molar-refractivity contribution in [2.75, 3.05) is 19.8 Å². The molecule has 0 aliphatic carbocycles. The Balaban J connectivity index is 2.04. The van der Waals surface area contributed by atoms with Crippen molar-refractivity contribution < 1.29 is 9.13 Å². The summed E-state index contributed by atoms with van der Waals surface area (Å²) >= 11 is 3.34. The van der Waals surface area contributed by atoms with Crippen LogP contribution >= 0.6 is 15.9 Å². The topological polar surface area (TPSA) is 21.3 Å². The Labute approximate surface area is 122 Å². The summed E-state index contributed by atoms with van der Waals surface area (Å²) in [5.41, 5.74) is 1.03. The summed E-state index contributed by atoms with van der Waals surface area (Å²) in [6, 6.07) is 5.72. The molecule has 2 nitrogen and oxygen atoms in total. The fourth-order valence-corrected chi connectivity index (χ4v) is 3.01. The van der Waals surface area contributed by atoms with E-state index >= 15 is 0 Å². The predicted molar refractivity (Wildman–Crippen MR) is 78.8 cm³/mol. The molecule has 0 amide bonds. The van der Waals surface area contributed by atoms with E-state index in [4.69, 9.17) is 4.74 Å². The summed E-state index contributed by atoms with van der Waals surface area (Å²) in [5.74, 6) is 0.227. The SMILES string of the molecule is CCCNC1CCOCC1Cc1cccc(F)c1Br. The highest BCUT2D eigenvalue weighted by Crippen LogP contribution is 2.26. The van der Waals surface area contributed by atoms with E-state index < -0.39 is 0 Å². The van der Waals surface area contributed by atoms with E-state index in [0.717, 1.165) is 44.6 Å². The molecule has 1 saturated heterocycles. The molecule has 0 spiro atoms. The first-order valence-electron chi connectivity index (χ1n) is 6.96. The molecular formula is C15H21BrFNO.